The van der Waals surface area contributed by atoms with Crippen LogP contribution in [-0.4, -0.2) is 4.98 Å². The van der Waals surface area contributed by atoms with Crippen LogP contribution in [0.1, 0.15) is 12.1 Å². The second kappa shape index (κ2) is 3.05. The summed E-state index contributed by atoms with van der Waals surface area (Å²) < 4.78 is 24.4. The highest BCUT2D eigenvalue weighted by molar-refractivity contribution is 9.10. The van der Waals surface area contributed by atoms with Gasteiger partial charge in [0, 0.05) is 10.7 Å². The summed E-state index contributed by atoms with van der Waals surface area (Å²) in [6.45, 7) is 0. The maximum atomic E-state index is 11.9. The van der Waals surface area contributed by atoms with E-state index in [1.54, 1.807) is 6.07 Å². The highest BCUT2D eigenvalue weighted by Crippen LogP contribution is 2.18. The fraction of sp³-hybridized carbons (Fsp3) is 0.167. The van der Waals surface area contributed by atoms with E-state index in [4.69, 9.17) is 0 Å². The Hall–Kier alpha value is -0.510. The molecule has 4 heteroatoms. The Morgan fingerprint density at radius 3 is 2.60 bits per heavy atom. The Labute approximate surface area is 65.2 Å². The van der Waals surface area contributed by atoms with Crippen molar-refractivity contribution < 1.29 is 8.78 Å². The summed E-state index contributed by atoms with van der Waals surface area (Å²) in [5.74, 6) is 0. The lowest BCUT2D eigenvalue weighted by molar-refractivity contribution is 0.146. The van der Waals surface area contributed by atoms with Crippen LogP contribution in [0.3, 0.4) is 0 Å². The fourth-order valence-corrected chi connectivity index (χ4v) is 0.893. The molecule has 0 unspecified atom stereocenters. The number of hydrogen-bond donors (Lipinski definition) is 0. The molecule has 0 saturated carbocycles. The van der Waals surface area contributed by atoms with Crippen molar-refractivity contribution in [3.05, 3.63) is 28.5 Å². The molecule has 0 atom stereocenters. The Balaban J connectivity index is 2.96. The second-order valence-corrected chi connectivity index (χ2v) is 2.62. The average molecular weight is 208 g/mol. The Kier molecular flexibility index (Phi) is 2.32. The SMILES string of the molecule is FC(F)c1cc(Br)ccn1. The van der Waals surface area contributed by atoms with Crippen molar-refractivity contribution in [2.75, 3.05) is 0 Å². The van der Waals surface area contributed by atoms with Gasteiger partial charge in [-0.15, -0.1) is 0 Å². The molecule has 0 N–H and O–H groups in total. The second-order valence-electron chi connectivity index (χ2n) is 1.70. The standard InChI is InChI=1S/C6H4BrF2N/c7-4-1-2-10-5(3-4)6(8)9/h1-3,6H. The first-order valence-corrected chi connectivity index (χ1v) is 3.39. The topological polar surface area (TPSA) is 12.9 Å². The van der Waals surface area contributed by atoms with Crippen molar-refractivity contribution in [1.29, 1.82) is 0 Å². The summed E-state index contributed by atoms with van der Waals surface area (Å²) in [5, 5.41) is 0. The van der Waals surface area contributed by atoms with E-state index in [1.807, 2.05) is 0 Å². The monoisotopic (exact) mass is 207 g/mol. The summed E-state index contributed by atoms with van der Waals surface area (Å²) in [6, 6.07) is 2.90. The minimum absolute atomic E-state index is 0.200. The van der Waals surface area contributed by atoms with Crippen molar-refractivity contribution in [2.24, 2.45) is 0 Å². The molecule has 1 rings (SSSR count). The van der Waals surface area contributed by atoms with Crippen molar-refractivity contribution in [3.8, 4) is 0 Å². The van der Waals surface area contributed by atoms with E-state index in [-0.39, 0.29) is 5.69 Å². The van der Waals surface area contributed by atoms with Crippen LogP contribution in [0.5, 0.6) is 0 Å². The van der Waals surface area contributed by atoms with Gasteiger partial charge in [-0.3, -0.25) is 4.98 Å². The summed E-state index contributed by atoms with van der Waals surface area (Å²) >= 11 is 3.06. The molecule has 10 heavy (non-hydrogen) atoms. The quantitative estimate of drug-likeness (QED) is 0.691. The molecule has 0 fully saturated rings. The van der Waals surface area contributed by atoms with E-state index < -0.39 is 6.43 Å². The maximum absolute atomic E-state index is 11.9. The Bertz CT molecular complexity index is 227. The van der Waals surface area contributed by atoms with E-state index in [0.29, 0.717) is 4.47 Å². The van der Waals surface area contributed by atoms with Crippen LogP contribution in [0.2, 0.25) is 0 Å². The average Bonchev–Trinajstić information content (AvgIpc) is 1.88. The smallest absolute Gasteiger partial charge is 0.255 e. The van der Waals surface area contributed by atoms with Gasteiger partial charge in [0.15, 0.2) is 0 Å². The zero-order valence-electron chi connectivity index (χ0n) is 4.89. The highest BCUT2D eigenvalue weighted by Gasteiger charge is 2.07. The largest absolute Gasteiger partial charge is 0.280 e. The first kappa shape index (κ1) is 7.60. The third-order valence-corrected chi connectivity index (χ3v) is 1.46. The molecule has 0 aliphatic heterocycles. The van der Waals surface area contributed by atoms with E-state index in [1.165, 1.54) is 12.3 Å². The molecule has 0 radical (unpaired) electrons. The van der Waals surface area contributed by atoms with Crippen molar-refractivity contribution in [2.45, 2.75) is 6.43 Å². The molecule has 0 bridgehead atoms. The Morgan fingerprint density at radius 2 is 2.20 bits per heavy atom. The lowest BCUT2D eigenvalue weighted by Crippen LogP contribution is -1.87. The molecular formula is C6H4BrF2N. The predicted octanol–water partition coefficient (Wildman–Crippen LogP) is 2.78. The van der Waals surface area contributed by atoms with Crippen LogP contribution in [-0.2, 0) is 0 Å². The molecule has 0 aliphatic rings. The van der Waals surface area contributed by atoms with Gasteiger partial charge in [-0.25, -0.2) is 8.78 Å². The number of halogens is 3. The number of hydrogen-bond acceptors (Lipinski definition) is 1. The highest BCUT2D eigenvalue weighted by atomic mass is 79.9. The van der Waals surface area contributed by atoms with Gasteiger partial charge in [-0.2, -0.15) is 0 Å². The third-order valence-electron chi connectivity index (χ3n) is 0.967. The molecule has 0 spiro atoms. The van der Waals surface area contributed by atoms with E-state index in [0.717, 1.165) is 0 Å². The summed E-state index contributed by atoms with van der Waals surface area (Å²) in [4.78, 5) is 3.46. The molecule has 1 nitrogen and oxygen atoms in total. The minimum atomic E-state index is -2.49. The molecule has 54 valence electrons. The minimum Gasteiger partial charge on any atom is -0.255 e. The van der Waals surface area contributed by atoms with Crippen molar-refractivity contribution in [3.63, 3.8) is 0 Å². The summed E-state index contributed by atoms with van der Waals surface area (Å²) in [6.07, 6.45) is -1.15. The molecule has 1 aromatic rings. The Morgan fingerprint density at radius 1 is 1.50 bits per heavy atom. The summed E-state index contributed by atoms with van der Waals surface area (Å²) in [5.41, 5.74) is -0.200. The lowest BCUT2D eigenvalue weighted by Gasteiger charge is -1.96. The zero-order chi connectivity index (χ0) is 7.56. The first-order chi connectivity index (χ1) is 4.70. The molecule has 1 aromatic heterocycles. The van der Waals surface area contributed by atoms with Gasteiger partial charge < -0.3 is 0 Å². The number of alkyl halides is 2. The van der Waals surface area contributed by atoms with Gasteiger partial charge in [-0.1, -0.05) is 15.9 Å². The molecule has 0 saturated heterocycles. The molecular weight excluding hydrogens is 204 g/mol. The molecule has 0 aromatic carbocycles. The third kappa shape index (κ3) is 1.73. The predicted molar refractivity (Wildman–Crippen MR) is 36.9 cm³/mol. The van der Waals surface area contributed by atoms with E-state index in [9.17, 15) is 8.78 Å². The molecule has 0 amide bonds. The van der Waals surface area contributed by atoms with Crippen molar-refractivity contribution >= 4 is 15.9 Å². The maximum Gasteiger partial charge on any atom is 0.280 e. The molecule has 1 heterocycles. The first-order valence-electron chi connectivity index (χ1n) is 2.60. The zero-order valence-corrected chi connectivity index (χ0v) is 6.48. The van der Waals surface area contributed by atoms with E-state index in [2.05, 4.69) is 20.9 Å². The normalized spacial score (nSPS) is 10.4. The van der Waals surface area contributed by atoms with Crippen molar-refractivity contribution in [1.82, 2.24) is 4.98 Å². The van der Waals surface area contributed by atoms with Crippen LogP contribution in [0.15, 0.2) is 22.8 Å². The van der Waals surface area contributed by atoms with Gasteiger partial charge in [-0.05, 0) is 12.1 Å². The number of nitrogens with zero attached hydrogens (tertiary/aromatic N) is 1. The number of pyridine rings is 1. The van der Waals surface area contributed by atoms with Gasteiger partial charge in [0.2, 0.25) is 0 Å². The van der Waals surface area contributed by atoms with Crippen LogP contribution >= 0.6 is 15.9 Å². The fourth-order valence-electron chi connectivity index (χ4n) is 0.541. The van der Waals surface area contributed by atoms with Crippen LogP contribution in [0, 0.1) is 0 Å². The van der Waals surface area contributed by atoms with Gasteiger partial charge in [0.05, 0.1) is 0 Å². The van der Waals surface area contributed by atoms with Gasteiger partial charge >= 0.3 is 0 Å². The van der Waals surface area contributed by atoms with E-state index >= 15 is 0 Å². The lowest BCUT2D eigenvalue weighted by atomic mass is 10.4. The van der Waals surface area contributed by atoms with Crippen LogP contribution < -0.4 is 0 Å². The number of aromatic nitrogens is 1. The number of rotatable bonds is 1. The molecule has 0 aliphatic carbocycles. The summed E-state index contributed by atoms with van der Waals surface area (Å²) in [7, 11) is 0. The van der Waals surface area contributed by atoms with Gasteiger partial charge in [0.25, 0.3) is 6.43 Å². The van der Waals surface area contributed by atoms with Gasteiger partial charge in [0.1, 0.15) is 5.69 Å². The van der Waals surface area contributed by atoms with Crippen LogP contribution in [0.25, 0.3) is 0 Å². The van der Waals surface area contributed by atoms with Crippen LogP contribution in [0.4, 0.5) is 8.78 Å².